The number of anilines is 1. The van der Waals surface area contributed by atoms with Crippen LogP contribution in [0.3, 0.4) is 0 Å². The second kappa shape index (κ2) is 5.16. The standard InChI is InChI=1S/C12H11N5.Cu/c13-12-16-9(6-8-4-2-1-3-5-8)10-11(17-12)15-7-14-10;/h1-5,7H,6H2,(H3,13,14,15,16,17);. The SMILES string of the molecule is Nc1nc(Cc2ccccc2)c2[nH]cnc2n1.[Cu]. The van der Waals surface area contributed by atoms with E-state index in [2.05, 4.69) is 32.1 Å². The van der Waals surface area contributed by atoms with E-state index >= 15 is 0 Å². The van der Waals surface area contributed by atoms with Crippen LogP contribution in [0.15, 0.2) is 36.7 Å². The first-order valence-electron chi connectivity index (χ1n) is 5.32. The Morgan fingerprint density at radius 1 is 1.11 bits per heavy atom. The molecule has 0 fully saturated rings. The van der Waals surface area contributed by atoms with Crippen molar-refractivity contribution in [1.29, 1.82) is 0 Å². The van der Waals surface area contributed by atoms with Gasteiger partial charge in [-0.3, -0.25) is 0 Å². The zero-order chi connectivity index (χ0) is 11.7. The first-order valence-corrected chi connectivity index (χ1v) is 5.32. The average molecular weight is 289 g/mol. The van der Waals surface area contributed by atoms with E-state index in [1.54, 1.807) is 6.33 Å². The molecule has 3 N–H and O–H groups in total. The number of hydrogen-bond donors (Lipinski definition) is 2. The van der Waals surface area contributed by atoms with Crippen LogP contribution in [0.25, 0.3) is 11.2 Å². The van der Waals surface area contributed by atoms with Crippen molar-refractivity contribution < 1.29 is 17.1 Å². The molecule has 95 valence electrons. The maximum atomic E-state index is 5.66. The number of nitrogens with one attached hydrogen (secondary N) is 1. The van der Waals surface area contributed by atoms with E-state index in [4.69, 9.17) is 5.73 Å². The van der Waals surface area contributed by atoms with Crippen LogP contribution in [0.1, 0.15) is 11.3 Å². The Morgan fingerprint density at radius 2 is 1.89 bits per heavy atom. The molecule has 0 amide bonds. The zero-order valence-electron chi connectivity index (χ0n) is 9.39. The second-order valence-electron chi connectivity index (χ2n) is 3.79. The van der Waals surface area contributed by atoms with Crippen LogP contribution >= 0.6 is 0 Å². The third-order valence-electron chi connectivity index (χ3n) is 2.59. The number of nitrogen functional groups attached to an aromatic ring is 1. The fraction of sp³-hybridized carbons (Fsp3) is 0.0833. The number of nitrogens with two attached hydrogens (primary N) is 1. The molecule has 0 atom stereocenters. The molecule has 0 aliphatic heterocycles. The summed E-state index contributed by atoms with van der Waals surface area (Å²) in [6.07, 6.45) is 2.32. The topological polar surface area (TPSA) is 80.5 Å². The minimum Gasteiger partial charge on any atom is -0.368 e. The van der Waals surface area contributed by atoms with Crippen molar-refractivity contribution in [2.45, 2.75) is 6.42 Å². The molecule has 1 radical (unpaired) electrons. The zero-order valence-corrected chi connectivity index (χ0v) is 10.3. The van der Waals surface area contributed by atoms with Gasteiger partial charge in [0.15, 0.2) is 5.65 Å². The summed E-state index contributed by atoms with van der Waals surface area (Å²) in [5.74, 6) is 0.260. The van der Waals surface area contributed by atoms with Crippen molar-refractivity contribution in [1.82, 2.24) is 19.9 Å². The minimum absolute atomic E-state index is 0. The molecule has 0 bridgehead atoms. The Morgan fingerprint density at radius 3 is 2.67 bits per heavy atom. The Bertz CT molecular complexity index is 650. The quantitative estimate of drug-likeness (QED) is 0.701. The van der Waals surface area contributed by atoms with Crippen LogP contribution in [0, 0.1) is 0 Å². The van der Waals surface area contributed by atoms with E-state index in [1.807, 2.05) is 18.2 Å². The average Bonchev–Trinajstić information content (AvgIpc) is 2.78. The molecule has 0 saturated heterocycles. The van der Waals surface area contributed by atoms with Crippen molar-refractivity contribution >= 4 is 17.1 Å². The maximum Gasteiger partial charge on any atom is 0.222 e. The number of nitrogens with zero attached hydrogens (tertiary/aromatic N) is 3. The molecule has 3 aromatic rings. The summed E-state index contributed by atoms with van der Waals surface area (Å²) in [6.45, 7) is 0. The van der Waals surface area contributed by atoms with E-state index in [0.29, 0.717) is 12.1 Å². The predicted molar refractivity (Wildman–Crippen MR) is 65.3 cm³/mol. The van der Waals surface area contributed by atoms with E-state index < -0.39 is 0 Å². The molecular formula is C12H11CuN5. The predicted octanol–water partition coefficient (Wildman–Crippen LogP) is 1.52. The Balaban J connectivity index is 0.00000120. The first kappa shape index (κ1) is 12.5. The van der Waals surface area contributed by atoms with Gasteiger partial charge in [-0.2, -0.15) is 4.98 Å². The summed E-state index contributed by atoms with van der Waals surface area (Å²) in [5, 5.41) is 0. The summed E-state index contributed by atoms with van der Waals surface area (Å²) < 4.78 is 0. The molecule has 0 saturated carbocycles. The van der Waals surface area contributed by atoms with Crippen LogP contribution < -0.4 is 5.73 Å². The molecule has 3 rings (SSSR count). The number of H-pyrrole nitrogens is 1. The Hall–Kier alpha value is -1.91. The van der Waals surface area contributed by atoms with E-state index in [0.717, 1.165) is 11.2 Å². The number of aromatic amines is 1. The third kappa shape index (κ3) is 2.34. The summed E-state index contributed by atoms with van der Waals surface area (Å²) in [6, 6.07) is 10.1. The van der Waals surface area contributed by atoms with Crippen molar-refractivity contribution in [3.05, 3.63) is 47.9 Å². The number of aromatic nitrogens is 4. The van der Waals surface area contributed by atoms with Crippen molar-refractivity contribution in [2.24, 2.45) is 0 Å². The molecule has 2 aromatic heterocycles. The molecule has 2 heterocycles. The Labute approximate surface area is 114 Å². The monoisotopic (exact) mass is 288 g/mol. The molecule has 5 nitrogen and oxygen atoms in total. The molecule has 1 aromatic carbocycles. The number of imidazole rings is 1. The normalized spacial score (nSPS) is 10.2. The number of fused-ring (bicyclic) bond motifs is 1. The van der Waals surface area contributed by atoms with Gasteiger partial charge in [0, 0.05) is 23.5 Å². The molecule has 18 heavy (non-hydrogen) atoms. The van der Waals surface area contributed by atoms with Gasteiger partial charge in [0.25, 0.3) is 0 Å². The summed E-state index contributed by atoms with van der Waals surface area (Å²) in [7, 11) is 0. The van der Waals surface area contributed by atoms with Gasteiger partial charge in [-0.15, -0.1) is 0 Å². The van der Waals surface area contributed by atoms with Crippen LogP contribution in [-0.2, 0) is 23.5 Å². The number of rotatable bonds is 2. The number of hydrogen-bond acceptors (Lipinski definition) is 4. The molecule has 6 heteroatoms. The van der Waals surface area contributed by atoms with Gasteiger partial charge in [0.2, 0.25) is 5.95 Å². The van der Waals surface area contributed by atoms with Crippen LogP contribution in [0.2, 0.25) is 0 Å². The van der Waals surface area contributed by atoms with Gasteiger partial charge in [-0.25, -0.2) is 9.97 Å². The fourth-order valence-electron chi connectivity index (χ4n) is 1.83. The maximum absolute atomic E-state index is 5.66. The van der Waals surface area contributed by atoms with E-state index in [1.165, 1.54) is 5.56 Å². The largest absolute Gasteiger partial charge is 0.368 e. The van der Waals surface area contributed by atoms with Gasteiger partial charge >= 0.3 is 0 Å². The van der Waals surface area contributed by atoms with Gasteiger partial charge in [0.1, 0.15) is 5.52 Å². The van der Waals surface area contributed by atoms with Crippen molar-refractivity contribution in [3.8, 4) is 0 Å². The fourth-order valence-corrected chi connectivity index (χ4v) is 1.83. The van der Waals surface area contributed by atoms with Crippen LogP contribution in [0.4, 0.5) is 5.95 Å². The van der Waals surface area contributed by atoms with Gasteiger partial charge in [-0.05, 0) is 5.56 Å². The second-order valence-corrected chi connectivity index (χ2v) is 3.79. The molecule has 0 aliphatic carbocycles. The molecule has 0 spiro atoms. The van der Waals surface area contributed by atoms with Gasteiger partial charge in [0.05, 0.1) is 12.0 Å². The first-order chi connectivity index (χ1) is 8.33. The summed E-state index contributed by atoms with van der Waals surface area (Å²) in [5.41, 5.74) is 9.18. The van der Waals surface area contributed by atoms with Crippen molar-refractivity contribution in [3.63, 3.8) is 0 Å². The van der Waals surface area contributed by atoms with Crippen LogP contribution in [-0.4, -0.2) is 19.9 Å². The Kier molecular flexibility index (Phi) is 3.60. The third-order valence-corrected chi connectivity index (χ3v) is 2.59. The smallest absolute Gasteiger partial charge is 0.222 e. The summed E-state index contributed by atoms with van der Waals surface area (Å²) in [4.78, 5) is 15.5. The molecule has 0 unspecified atom stereocenters. The van der Waals surface area contributed by atoms with Gasteiger partial charge < -0.3 is 10.7 Å². The molecular weight excluding hydrogens is 278 g/mol. The minimum atomic E-state index is 0. The van der Waals surface area contributed by atoms with E-state index in [9.17, 15) is 0 Å². The number of benzene rings is 1. The van der Waals surface area contributed by atoms with Gasteiger partial charge in [-0.1, -0.05) is 30.3 Å². The summed E-state index contributed by atoms with van der Waals surface area (Å²) >= 11 is 0. The molecule has 0 aliphatic rings. The van der Waals surface area contributed by atoms with Crippen LogP contribution in [0.5, 0.6) is 0 Å². The van der Waals surface area contributed by atoms with Crippen molar-refractivity contribution in [2.75, 3.05) is 5.73 Å². The van der Waals surface area contributed by atoms with E-state index in [-0.39, 0.29) is 23.0 Å².